The fourth-order valence-corrected chi connectivity index (χ4v) is 4.40. The number of likely N-dealkylation sites (N-methyl/N-ethyl adjacent to an activating group) is 1. The molecule has 4 rings (SSSR count). The predicted molar refractivity (Wildman–Crippen MR) is 141 cm³/mol. The quantitative estimate of drug-likeness (QED) is 0.272. The van der Waals surface area contributed by atoms with Gasteiger partial charge >= 0.3 is 5.97 Å². The Kier molecular flexibility index (Phi) is 8.28. The lowest BCUT2D eigenvalue weighted by Gasteiger charge is -2.21. The molecular formula is C30H33NO5. The maximum atomic E-state index is 11.5. The van der Waals surface area contributed by atoms with E-state index in [1.165, 1.54) is 12.5 Å². The summed E-state index contributed by atoms with van der Waals surface area (Å²) in [5.74, 6) is 1.96. The van der Waals surface area contributed by atoms with Gasteiger partial charge in [-0.2, -0.15) is 0 Å². The molecule has 1 aliphatic heterocycles. The van der Waals surface area contributed by atoms with Gasteiger partial charge in [-0.05, 0) is 72.6 Å². The second-order valence-electron chi connectivity index (χ2n) is 8.97. The monoisotopic (exact) mass is 487 g/mol. The lowest BCUT2D eigenvalue weighted by Crippen LogP contribution is -2.34. The maximum absolute atomic E-state index is 11.5. The molecule has 6 heteroatoms. The van der Waals surface area contributed by atoms with Crippen LogP contribution in [0.3, 0.4) is 0 Å². The number of benzene rings is 3. The Hall–Kier alpha value is -3.77. The third-order valence-corrected chi connectivity index (χ3v) is 5.92. The van der Waals surface area contributed by atoms with E-state index >= 15 is 0 Å². The van der Waals surface area contributed by atoms with Crippen molar-refractivity contribution < 1.29 is 23.7 Å². The summed E-state index contributed by atoms with van der Waals surface area (Å²) in [5, 5.41) is 0. The summed E-state index contributed by atoms with van der Waals surface area (Å²) in [6.45, 7) is 4.72. The third-order valence-electron chi connectivity index (χ3n) is 5.92. The minimum Gasteiger partial charge on any atom is -0.490 e. The Morgan fingerprint density at radius 2 is 1.58 bits per heavy atom. The molecule has 3 aromatic rings. The van der Waals surface area contributed by atoms with Gasteiger partial charge < -0.3 is 23.8 Å². The summed E-state index contributed by atoms with van der Waals surface area (Å²) >= 11 is 0. The standard InChI is InChI=1S/C30H33NO5/c1-5-27(24-13-16-28-29(17-24)35-20-34-28)30(22-9-7-6-8-10-22)23-11-14-25(15-12-23)33-19-26(18-31(3)4)36-21(2)32/h6-17,26H,5,18-20H2,1-4H3/b30-27-. The van der Waals surface area contributed by atoms with Gasteiger partial charge in [0.1, 0.15) is 18.5 Å². The summed E-state index contributed by atoms with van der Waals surface area (Å²) in [7, 11) is 3.88. The number of carbonyl (C=O) groups excluding carboxylic acids is 1. The van der Waals surface area contributed by atoms with Crippen LogP contribution < -0.4 is 14.2 Å². The van der Waals surface area contributed by atoms with Gasteiger partial charge in [-0.25, -0.2) is 0 Å². The van der Waals surface area contributed by atoms with Gasteiger partial charge in [-0.1, -0.05) is 55.5 Å². The first-order valence-electron chi connectivity index (χ1n) is 12.2. The van der Waals surface area contributed by atoms with E-state index < -0.39 is 0 Å². The molecule has 0 saturated carbocycles. The van der Waals surface area contributed by atoms with Crippen LogP contribution in [0.4, 0.5) is 0 Å². The van der Waals surface area contributed by atoms with E-state index in [4.69, 9.17) is 18.9 Å². The first-order chi connectivity index (χ1) is 17.4. The van der Waals surface area contributed by atoms with Crippen molar-refractivity contribution in [3.63, 3.8) is 0 Å². The van der Waals surface area contributed by atoms with Crippen molar-refractivity contribution in [1.82, 2.24) is 4.90 Å². The number of esters is 1. The minimum absolute atomic E-state index is 0.254. The van der Waals surface area contributed by atoms with Crippen LogP contribution in [-0.4, -0.2) is 51.0 Å². The zero-order chi connectivity index (χ0) is 25.5. The van der Waals surface area contributed by atoms with Gasteiger partial charge in [0.05, 0.1) is 0 Å². The van der Waals surface area contributed by atoms with E-state index in [1.807, 2.05) is 43.3 Å². The summed E-state index contributed by atoms with van der Waals surface area (Å²) in [4.78, 5) is 13.4. The molecule has 0 radical (unpaired) electrons. The molecule has 0 spiro atoms. The molecule has 1 aliphatic rings. The first-order valence-corrected chi connectivity index (χ1v) is 12.2. The average Bonchev–Trinajstić information content (AvgIpc) is 3.34. The van der Waals surface area contributed by atoms with Crippen LogP contribution in [-0.2, 0) is 9.53 Å². The van der Waals surface area contributed by atoms with Gasteiger partial charge in [0.25, 0.3) is 0 Å². The molecule has 0 bridgehead atoms. The fraction of sp³-hybridized carbons (Fsp3) is 0.300. The van der Waals surface area contributed by atoms with Crippen molar-refractivity contribution in [2.45, 2.75) is 26.4 Å². The molecule has 0 aromatic heterocycles. The van der Waals surface area contributed by atoms with E-state index in [9.17, 15) is 4.79 Å². The number of nitrogens with zero attached hydrogens (tertiary/aromatic N) is 1. The fourth-order valence-electron chi connectivity index (χ4n) is 4.40. The summed E-state index contributed by atoms with van der Waals surface area (Å²) in [6, 6.07) is 24.6. The number of fused-ring (bicyclic) bond motifs is 1. The smallest absolute Gasteiger partial charge is 0.303 e. The van der Waals surface area contributed by atoms with Crippen LogP contribution in [0.25, 0.3) is 11.1 Å². The zero-order valence-corrected chi connectivity index (χ0v) is 21.3. The number of ether oxygens (including phenoxy) is 4. The molecule has 1 atom stereocenters. The van der Waals surface area contributed by atoms with Crippen molar-refractivity contribution in [2.75, 3.05) is 34.0 Å². The second kappa shape index (κ2) is 11.8. The average molecular weight is 488 g/mol. The maximum Gasteiger partial charge on any atom is 0.303 e. The van der Waals surface area contributed by atoms with E-state index in [2.05, 4.69) is 55.5 Å². The molecule has 0 amide bonds. The molecule has 1 heterocycles. The Bertz CT molecular complexity index is 1200. The molecule has 188 valence electrons. The lowest BCUT2D eigenvalue weighted by molar-refractivity contribution is -0.148. The van der Waals surface area contributed by atoms with Gasteiger partial charge in [-0.15, -0.1) is 0 Å². The Balaban J connectivity index is 1.64. The summed E-state index contributed by atoms with van der Waals surface area (Å²) in [6.07, 6.45) is 0.506. The molecule has 0 N–H and O–H groups in total. The SMILES string of the molecule is CC/C(=C(\c1ccccc1)c1ccc(OCC(CN(C)C)OC(C)=O)cc1)c1ccc2c(c1)OCO2. The van der Waals surface area contributed by atoms with Crippen molar-refractivity contribution in [3.05, 3.63) is 89.5 Å². The Morgan fingerprint density at radius 1 is 0.917 bits per heavy atom. The minimum atomic E-state index is -0.338. The van der Waals surface area contributed by atoms with Crippen molar-refractivity contribution in [3.8, 4) is 17.2 Å². The molecule has 36 heavy (non-hydrogen) atoms. The number of rotatable bonds is 10. The van der Waals surface area contributed by atoms with E-state index in [0.717, 1.165) is 45.9 Å². The highest BCUT2D eigenvalue weighted by Crippen LogP contribution is 2.39. The molecule has 6 nitrogen and oxygen atoms in total. The van der Waals surface area contributed by atoms with Crippen molar-refractivity contribution >= 4 is 17.1 Å². The normalized spacial score (nSPS) is 13.8. The number of allylic oxidation sites excluding steroid dienone is 1. The van der Waals surface area contributed by atoms with Crippen LogP contribution in [0.15, 0.2) is 72.8 Å². The van der Waals surface area contributed by atoms with Gasteiger partial charge in [0, 0.05) is 13.5 Å². The van der Waals surface area contributed by atoms with E-state index in [-0.39, 0.29) is 25.5 Å². The lowest BCUT2D eigenvalue weighted by atomic mass is 9.88. The van der Waals surface area contributed by atoms with Gasteiger partial charge in [-0.3, -0.25) is 4.79 Å². The van der Waals surface area contributed by atoms with Crippen LogP contribution in [0, 0.1) is 0 Å². The van der Waals surface area contributed by atoms with Crippen molar-refractivity contribution in [1.29, 1.82) is 0 Å². The third kappa shape index (κ3) is 6.26. The summed E-state index contributed by atoms with van der Waals surface area (Å²) < 4.78 is 22.5. The molecular weight excluding hydrogens is 454 g/mol. The van der Waals surface area contributed by atoms with Crippen LogP contribution >= 0.6 is 0 Å². The summed E-state index contributed by atoms with van der Waals surface area (Å²) in [5.41, 5.74) is 5.71. The molecule has 0 aliphatic carbocycles. The van der Waals surface area contributed by atoms with Gasteiger partial charge in [0.15, 0.2) is 11.5 Å². The molecule has 1 unspecified atom stereocenters. The van der Waals surface area contributed by atoms with Crippen LogP contribution in [0.5, 0.6) is 17.2 Å². The van der Waals surface area contributed by atoms with E-state index in [1.54, 1.807) is 0 Å². The topological polar surface area (TPSA) is 57.2 Å². The van der Waals surface area contributed by atoms with Crippen LogP contribution in [0.2, 0.25) is 0 Å². The van der Waals surface area contributed by atoms with Crippen LogP contribution in [0.1, 0.15) is 37.0 Å². The largest absolute Gasteiger partial charge is 0.490 e. The number of hydrogen-bond donors (Lipinski definition) is 0. The molecule has 0 saturated heterocycles. The molecule has 3 aromatic carbocycles. The van der Waals surface area contributed by atoms with Gasteiger partial charge in [0.2, 0.25) is 6.79 Å². The zero-order valence-electron chi connectivity index (χ0n) is 21.3. The first kappa shape index (κ1) is 25.3. The number of hydrogen-bond acceptors (Lipinski definition) is 6. The highest BCUT2D eigenvalue weighted by Gasteiger charge is 2.18. The Morgan fingerprint density at radius 3 is 2.25 bits per heavy atom. The highest BCUT2D eigenvalue weighted by atomic mass is 16.7. The number of carbonyl (C=O) groups is 1. The predicted octanol–water partition coefficient (Wildman–Crippen LogP) is 5.66. The van der Waals surface area contributed by atoms with Crippen molar-refractivity contribution in [2.24, 2.45) is 0 Å². The highest BCUT2D eigenvalue weighted by molar-refractivity contribution is 5.98. The Labute approximate surface area is 213 Å². The molecule has 0 fully saturated rings. The van der Waals surface area contributed by atoms with E-state index in [0.29, 0.717) is 6.54 Å². The second-order valence-corrected chi connectivity index (χ2v) is 8.97.